The van der Waals surface area contributed by atoms with Gasteiger partial charge in [-0.05, 0) is 55.2 Å². The highest BCUT2D eigenvalue weighted by atomic mass is 16.2. The van der Waals surface area contributed by atoms with Gasteiger partial charge in [0.05, 0.1) is 5.69 Å². The molecule has 0 unspecified atom stereocenters. The van der Waals surface area contributed by atoms with Gasteiger partial charge in [-0.1, -0.05) is 30.3 Å². The van der Waals surface area contributed by atoms with Gasteiger partial charge >= 0.3 is 6.03 Å². The summed E-state index contributed by atoms with van der Waals surface area (Å²) in [6, 6.07) is 14.1. The molecular weight excluding hydrogens is 354 g/mol. The van der Waals surface area contributed by atoms with Gasteiger partial charge in [0.15, 0.2) is 0 Å². The largest absolute Gasteiger partial charge is 0.372 e. The highest BCUT2D eigenvalue weighted by Crippen LogP contribution is 2.26. The number of nitrogens with zero attached hydrogens (tertiary/aromatic N) is 2. The SMILES string of the molecule is Cc1ccccc1N1C(=O)NC(=O)/C(=C/c2ccc(N3CCCC3)cc2)C1=O. The zero-order valence-corrected chi connectivity index (χ0v) is 15.6. The van der Waals surface area contributed by atoms with E-state index in [1.165, 1.54) is 18.9 Å². The van der Waals surface area contributed by atoms with Crippen LogP contribution in [0.2, 0.25) is 0 Å². The lowest BCUT2D eigenvalue weighted by Gasteiger charge is -2.27. The summed E-state index contributed by atoms with van der Waals surface area (Å²) in [6.07, 6.45) is 3.93. The molecule has 2 aromatic rings. The quantitative estimate of drug-likeness (QED) is 0.660. The van der Waals surface area contributed by atoms with Gasteiger partial charge in [-0.2, -0.15) is 0 Å². The number of carbonyl (C=O) groups excluding carboxylic acids is 3. The molecule has 1 N–H and O–H groups in total. The molecule has 0 bridgehead atoms. The topological polar surface area (TPSA) is 69.7 Å². The van der Waals surface area contributed by atoms with E-state index in [9.17, 15) is 14.4 Å². The molecule has 4 amide bonds. The lowest BCUT2D eigenvalue weighted by atomic mass is 10.1. The van der Waals surface area contributed by atoms with E-state index in [2.05, 4.69) is 10.2 Å². The molecule has 0 aliphatic carbocycles. The van der Waals surface area contributed by atoms with Gasteiger partial charge in [0.1, 0.15) is 5.57 Å². The number of hydrogen-bond donors (Lipinski definition) is 1. The van der Waals surface area contributed by atoms with E-state index in [-0.39, 0.29) is 5.57 Å². The third kappa shape index (κ3) is 3.29. The van der Waals surface area contributed by atoms with Crippen molar-refractivity contribution < 1.29 is 14.4 Å². The zero-order chi connectivity index (χ0) is 19.7. The normalized spacial score (nSPS) is 18.8. The number of nitrogens with one attached hydrogen (secondary N) is 1. The number of hydrogen-bond acceptors (Lipinski definition) is 4. The fourth-order valence-corrected chi connectivity index (χ4v) is 3.61. The van der Waals surface area contributed by atoms with Crippen LogP contribution in [0.15, 0.2) is 54.1 Å². The fourth-order valence-electron chi connectivity index (χ4n) is 3.61. The molecule has 2 heterocycles. The summed E-state index contributed by atoms with van der Waals surface area (Å²) >= 11 is 0. The maximum absolute atomic E-state index is 12.9. The van der Waals surface area contributed by atoms with Crippen LogP contribution in [0.3, 0.4) is 0 Å². The summed E-state index contributed by atoms with van der Waals surface area (Å²) in [4.78, 5) is 40.9. The molecule has 2 saturated heterocycles. The van der Waals surface area contributed by atoms with Gasteiger partial charge in [-0.25, -0.2) is 9.69 Å². The van der Waals surface area contributed by atoms with Gasteiger partial charge in [-0.15, -0.1) is 0 Å². The number of rotatable bonds is 3. The van der Waals surface area contributed by atoms with Gasteiger partial charge < -0.3 is 4.90 Å². The number of aryl methyl sites for hydroxylation is 1. The number of benzene rings is 2. The smallest absolute Gasteiger partial charge is 0.335 e. The minimum Gasteiger partial charge on any atom is -0.372 e. The van der Waals surface area contributed by atoms with Crippen molar-refractivity contribution in [3.8, 4) is 0 Å². The predicted molar refractivity (Wildman–Crippen MR) is 108 cm³/mol. The second kappa shape index (κ2) is 7.31. The molecule has 0 saturated carbocycles. The van der Waals surface area contributed by atoms with Crippen molar-refractivity contribution in [3.05, 3.63) is 65.2 Å². The summed E-state index contributed by atoms with van der Waals surface area (Å²) in [5.41, 5.74) is 3.05. The van der Waals surface area contributed by atoms with E-state index in [0.717, 1.165) is 34.8 Å². The molecule has 4 rings (SSSR count). The average molecular weight is 375 g/mol. The van der Waals surface area contributed by atoms with Crippen molar-refractivity contribution in [1.29, 1.82) is 0 Å². The highest BCUT2D eigenvalue weighted by Gasteiger charge is 2.37. The molecule has 0 aromatic heterocycles. The standard InChI is InChI=1S/C22H21N3O3/c1-15-6-2-3-7-19(15)25-21(27)18(20(26)23-22(25)28)14-16-8-10-17(11-9-16)24-12-4-5-13-24/h2-3,6-11,14H,4-5,12-13H2,1H3,(H,23,26,28)/b18-14-. The summed E-state index contributed by atoms with van der Waals surface area (Å²) in [6.45, 7) is 3.91. The molecule has 2 aliphatic heterocycles. The summed E-state index contributed by atoms with van der Waals surface area (Å²) in [7, 11) is 0. The number of carbonyl (C=O) groups is 3. The minimum absolute atomic E-state index is 0.0585. The second-order valence-corrected chi connectivity index (χ2v) is 7.03. The van der Waals surface area contributed by atoms with E-state index in [4.69, 9.17) is 0 Å². The van der Waals surface area contributed by atoms with E-state index in [0.29, 0.717) is 5.69 Å². The number of amides is 4. The first-order valence-electron chi connectivity index (χ1n) is 9.37. The Morgan fingerprint density at radius 2 is 1.61 bits per heavy atom. The Labute approximate surface area is 163 Å². The Hall–Kier alpha value is -3.41. The third-order valence-electron chi connectivity index (χ3n) is 5.13. The third-order valence-corrected chi connectivity index (χ3v) is 5.13. The Morgan fingerprint density at radius 3 is 2.29 bits per heavy atom. The molecule has 2 aromatic carbocycles. The fraction of sp³-hybridized carbons (Fsp3) is 0.227. The molecule has 0 spiro atoms. The van der Waals surface area contributed by atoms with Crippen LogP contribution in [0.5, 0.6) is 0 Å². The van der Waals surface area contributed by atoms with Crippen LogP contribution >= 0.6 is 0 Å². The van der Waals surface area contributed by atoms with E-state index >= 15 is 0 Å². The Morgan fingerprint density at radius 1 is 0.929 bits per heavy atom. The molecule has 28 heavy (non-hydrogen) atoms. The van der Waals surface area contributed by atoms with Crippen molar-refractivity contribution in [2.75, 3.05) is 22.9 Å². The molecule has 6 heteroatoms. The zero-order valence-electron chi connectivity index (χ0n) is 15.6. The first-order valence-corrected chi connectivity index (χ1v) is 9.37. The first kappa shape index (κ1) is 18.0. The van der Waals surface area contributed by atoms with Gasteiger partial charge in [-0.3, -0.25) is 14.9 Å². The Balaban J connectivity index is 1.64. The van der Waals surface area contributed by atoms with Crippen molar-refractivity contribution in [3.63, 3.8) is 0 Å². The highest BCUT2D eigenvalue weighted by molar-refractivity contribution is 6.39. The molecule has 0 radical (unpaired) electrons. The van der Waals surface area contributed by atoms with Crippen LogP contribution in [0.4, 0.5) is 16.2 Å². The number of anilines is 2. The van der Waals surface area contributed by atoms with Crippen LogP contribution < -0.4 is 15.1 Å². The number of para-hydroxylation sites is 1. The second-order valence-electron chi connectivity index (χ2n) is 7.03. The van der Waals surface area contributed by atoms with Crippen LogP contribution in [0.25, 0.3) is 6.08 Å². The van der Waals surface area contributed by atoms with Crippen LogP contribution in [-0.2, 0) is 9.59 Å². The van der Waals surface area contributed by atoms with Crippen molar-refractivity contribution in [2.24, 2.45) is 0 Å². The summed E-state index contributed by atoms with van der Waals surface area (Å²) in [5.74, 6) is -1.30. The predicted octanol–water partition coefficient (Wildman–Crippen LogP) is 3.26. The molecule has 0 atom stereocenters. The monoisotopic (exact) mass is 375 g/mol. The van der Waals surface area contributed by atoms with Crippen molar-refractivity contribution in [2.45, 2.75) is 19.8 Å². The molecule has 142 valence electrons. The first-order chi connectivity index (χ1) is 13.5. The van der Waals surface area contributed by atoms with Gasteiger partial charge in [0, 0.05) is 18.8 Å². The van der Waals surface area contributed by atoms with Crippen LogP contribution in [0, 0.1) is 6.92 Å². The lowest BCUT2D eigenvalue weighted by molar-refractivity contribution is -0.122. The maximum atomic E-state index is 12.9. The van der Waals surface area contributed by atoms with Gasteiger partial charge in [0.2, 0.25) is 0 Å². The molecular formula is C22H21N3O3. The van der Waals surface area contributed by atoms with Crippen LogP contribution in [-0.4, -0.2) is 30.9 Å². The van der Waals surface area contributed by atoms with Crippen molar-refractivity contribution >= 4 is 35.3 Å². The average Bonchev–Trinajstić information content (AvgIpc) is 3.22. The number of urea groups is 1. The molecule has 6 nitrogen and oxygen atoms in total. The lowest BCUT2D eigenvalue weighted by Crippen LogP contribution is -2.54. The number of barbiturate groups is 1. The minimum atomic E-state index is -0.731. The van der Waals surface area contributed by atoms with E-state index in [1.54, 1.807) is 12.1 Å². The summed E-state index contributed by atoms with van der Waals surface area (Å²) < 4.78 is 0. The number of imide groups is 2. The van der Waals surface area contributed by atoms with E-state index < -0.39 is 17.8 Å². The van der Waals surface area contributed by atoms with Gasteiger partial charge in [0.25, 0.3) is 11.8 Å². The Kier molecular flexibility index (Phi) is 4.69. The van der Waals surface area contributed by atoms with Crippen molar-refractivity contribution in [1.82, 2.24) is 5.32 Å². The molecule has 2 fully saturated rings. The van der Waals surface area contributed by atoms with Crippen LogP contribution in [0.1, 0.15) is 24.0 Å². The summed E-state index contributed by atoms with van der Waals surface area (Å²) in [5, 5.41) is 2.26. The van der Waals surface area contributed by atoms with E-state index in [1.807, 2.05) is 43.3 Å². The maximum Gasteiger partial charge on any atom is 0.335 e. The molecule has 2 aliphatic rings. The Bertz CT molecular complexity index is 973.